The van der Waals surface area contributed by atoms with Gasteiger partial charge in [0.1, 0.15) is 0 Å². The molecule has 1 aliphatic rings. The van der Waals surface area contributed by atoms with E-state index in [0.717, 1.165) is 38.0 Å². The molecule has 1 atom stereocenters. The molecule has 128 valence electrons. The lowest BCUT2D eigenvalue weighted by Crippen LogP contribution is -2.35. The van der Waals surface area contributed by atoms with Crippen molar-refractivity contribution >= 4 is 11.8 Å². The zero-order chi connectivity index (χ0) is 16.7. The van der Waals surface area contributed by atoms with Crippen molar-refractivity contribution in [3.63, 3.8) is 0 Å². The van der Waals surface area contributed by atoms with Gasteiger partial charge in [0.05, 0.1) is 5.69 Å². The Kier molecular flexibility index (Phi) is 6.62. The molecule has 0 bridgehead atoms. The molecular weight excluding hydrogens is 294 g/mol. The molecule has 0 aliphatic carbocycles. The second kappa shape index (κ2) is 8.70. The first kappa shape index (κ1) is 17.5. The summed E-state index contributed by atoms with van der Waals surface area (Å²) in [5.74, 6) is 0.285. The minimum absolute atomic E-state index is 0.116. The van der Waals surface area contributed by atoms with Crippen LogP contribution in [0.3, 0.4) is 0 Å². The summed E-state index contributed by atoms with van der Waals surface area (Å²) in [5.41, 5.74) is 0.790. The van der Waals surface area contributed by atoms with E-state index >= 15 is 0 Å². The maximum Gasteiger partial charge on any atom is 0.289 e. The summed E-state index contributed by atoms with van der Waals surface area (Å²) in [7, 11) is 0. The Labute approximate surface area is 137 Å². The number of rotatable bonds is 6. The summed E-state index contributed by atoms with van der Waals surface area (Å²) in [6, 6.07) is 1.68. The molecule has 23 heavy (non-hydrogen) atoms. The van der Waals surface area contributed by atoms with Gasteiger partial charge in [0.2, 0.25) is 11.7 Å². The van der Waals surface area contributed by atoms with Crippen molar-refractivity contribution in [3.8, 4) is 0 Å². The number of aromatic nitrogens is 1. The number of amides is 2. The van der Waals surface area contributed by atoms with Gasteiger partial charge in [-0.05, 0) is 19.3 Å². The summed E-state index contributed by atoms with van der Waals surface area (Å²) < 4.78 is 5.08. The van der Waals surface area contributed by atoms with Gasteiger partial charge < -0.3 is 14.7 Å². The largest absolute Gasteiger partial charge is 0.351 e. The third-order valence-electron chi connectivity index (χ3n) is 4.45. The SMILES string of the molecule is CC[C@@H](C)c1cc(C(=O)NCCC(=O)N2CCCCCC2)on1. The van der Waals surface area contributed by atoms with Gasteiger partial charge >= 0.3 is 0 Å². The lowest BCUT2D eigenvalue weighted by Gasteiger charge is -2.20. The molecule has 2 heterocycles. The summed E-state index contributed by atoms with van der Waals surface area (Å²) in [4.78, 5) is 26.1. The fraction of sp³-hybridized carbons (Fsp3) is 0.706. The average Bonchev–Trinajstić information content (AvgIpc) is 2.89. The molecule has 1 aromatic rings. The third kappa shape index (κ3) is 5.08. The molecule has 1 aliphatic heterocycles. The third-order valence-corrected chi connectivity index (χ3v) is 4.45. The summed E-state index contributed by atoms with van der Waals surface area (Å²) >= 11 is 0. The van der Waals surface area contributed by atoms with E-state index in [-0.39, 0.29) is 23.5 Å². The van der Waals surface area contributed by atoms with E-state index in [4.69, 9.17) is 4.52 Å². The number of carbonyl (C=O) groups excluding carboxylic acids is 2. The monoisotopic (exact) mass is 321 g/mol. The van der Waals surface area contributed by atoms with Crippen molar-refractivity contribution in [2.45, 2.75) is 58.3 Å². The first-order valence-electron chi connectivity index (χ1n) is 8.64. The molecule has 1 N–H and O–H groups in total. The van der Waals surface area contributed by atoms with Crippen LogP contribution in [-0.2, 0) is 4.79 Å². The maximum atomic E-state index is 12.1. The molecule has 1 saturated heterocycles. The van der Waals surface area contributed by atoms with Gasteiger partial charge in [-0.3, -0.25) is 9.59 Å². The molecule has 0 unspecified atom stereocenters. The van der Waals surface area contributed by atoms with Crippen molar-refractivity contribution in [2.75, 3.05) is 19.6 Å². The maximum absolute atomic E-state index is 12.1. The lowest BCUT2D eigenvalue weighted by atomic mass is 10.1. The Morgan fingerprint density at radius 2 is 2.00 bits per heavy atom. The van der Waals surface area contributed by atoms with Crippen LogP contribution < -0.4 is 5.32 Å². The zero-order valence-electron chi connectivity index (χ0n) is 14.1. The van der Waals surface area contributed by atoms with Crippen LogP contribution in [0.5, 0.6) is 0 Å². The van der Waals surface area contributed by atoms with Gasteiger partial charge in [-0.25, -0.2) is 0 Å². The predicted octanol–water partition coefficient (Wildman–Crippen LogP) is 2.71. The van der Waals surface area contributed by atoms with Gasteiger partial charge in [0.25, 0.3) is 5.91 Å². The van der Waals surface area contributed by atoms with Crippen LogP contribution >= 0.6 is 0 Å². The average molecular weight is 321 g/mol. The number of hydrogen-bond donors (Lipinski definition) is 1. The van der Waals surface area contributed by atoms with Crippen LogP contribution in [0.2, 0.25) is 0 Å². The van der Waals surface area contributed by atoms with Gasteiger partial charge in [0, 0.05) is 38.0 Å². The Morgan fingerprint density at radius 1 is 1.30 bits per heavy atom. The normalized spacial score (nSPS) is 16.7. The Bertz CT molecular complexity index is 519. The first-order valence-corrected chi connectivity index (χ1v) is 8.64. The highest BCUT2D eigenvalue weighted by molar-refractivity contribution is 5.91. The minimum atomic E-state index is -0.310. The van der Waals surface area contributed by atoms with Crippen LogP contribution in [0.25, 0.3) is 0 Å². The molecule has 2 amide bonds. The molecule has 2 rings (SSSR count). The number of nitrogens with one attached hydrogen (secondary N) is 1. The van der Waals surface area contributed by atoms with Crippen molar-refractivity contribution in [2.24, 2.45) is 0 Å². The molecule has 6 heteroatoms. The van der Waals surface area contributed by atoms with Crippen LogP contribution in [-0.4, -0.2) is 41.5 Å². The molecule has 0 spiro atoms. The highest BCUT2D eigenvalue weighted by atomic mass is 16.5. The number of carbonyl (C=O) groups is 2. The van der Waals surface area contributed by atoms with E-state index < -0.39 is 0 Å². The van der Waals surface area contributed by atoms with Crippen molar-refractivity contribution in [1.82, 2.24) is 15.4 Å². The first-order chi connectivity index (χ1) is 11.1. The molecular formula is C17H27N3O3. The summed E-state index contributed by atoms with van der Waals surface area (Å²) in [6.07, 6.45) is 5.83. The Hall–Kier alpha value is -1.85. The van der Waals surface area contributed by atoms with Gasteiger partial charge in [-0.15, -0.1) is 0 Å². The van der Waals surface area contributed by atoms with E-state index in [0.29, 0.717) is 13.0 Å². The number of likely N-dealkylation sites (tertiary alicyclic amines) is 1. The predicted molar refractivity (Wildman–Crippen MR) is 87.2 cm³/mol. The van der Waals surface area contributed by atoms with E-state index in [1.165, 1.54) is 12.8 Å². The van der Waals surface area contributed by atoms with Crippen LogP contribution in [0, 0.1) is 0 Å². The van der Waals surface area contributed by atoms with Gasteiger partial charge in [0.15, 0.2) is 0 Å². The molecule has 0 radical (unpaired) electrons. The molecule has 6 nitrogen and oxygen atoms in total. The standard InChI is InChI=1S/C17H27N3O3/c1-3-13(2)14-12-15(23-19-14)17(22)18-9-8-16(21)20-10-6-4-5-7-11-20/h12-13H,3-11H2,1-2H3,(H,18,22)/t13-/m1/s1. The Balaban J connectivity index is 1.75. The van der Waals surface area contributed by atoms with Gasteiger partial charge in [-0.2, -0.15) is 0 Å². The van der Waals surface area contributed by atoms with Crippen LogP contribution in [0.1, 0.15) is 74.5 Å². The summed E-state index contributed by atoms with van der Waals surface area (Å²) in [6.45, 7) is 6.11. The van der Waals surface area contributed by atoms with E-state index in [9.17, 15) is 9.59 Å². The summed E-state index contributed by atoms with van der Waals surface area (Å²) in [5, 5.41) is 6.66. The Morgan fingerprint density at radius 3 is 2.65 bits per heavy atom. The fourth-order valence-electron chi connectivity index (χ4n) is 2.69. The second-order valence-corrected chi connectivity index (χ2v) is 6.23. The van der Waals surface area contributed by atoms with Crippen molar-refractivity contribution in [3.05, 3.63) is 17.5 Å². The van der Waals surface area contributed by atoms with Gasteiger partial charge in [-0.1, -0.05) is 31.8 Å². The number of hydrogen-bond acceptors (Lipinski definition) is 4. The molecule has 1 aromatic heterocycles. The van der Waals surface area contributed by atoms with Crippen LogP contribution in [0.4, 0.5) is 0 Å². The molecule has 0 saturated carbocycles. The smallest absolute Gasteiger partial charge is 0.289 e. The van der Waals surface area contributed by atoms with E-state index in [2.05, 4.69) is 17.4 Å². The quantitative estimate of drug-likeness (QED) is 0.874. The zero-order valence-corrected chi connectivity index (χ0v) is 14.1. The fourth-order valence-corrected chi connectivity index (χ4v) is 2.69. The highest BCUT2D eigenvalue weighted by Crippen LogP contribution is 2.18. The van der Waals surface area contributed by atoms with Crippen molar-refractivity contribution < 1.29 is 14.1 Å². The molecule has 1 fully saturated rings. The van der Waals surface area contributed by atoms with E-state index in [1.807, 2.05) is 11.8 Å². The highest BCUT2D eigenvalue weighted by Gasteiger charge is 2.18. The number of nitrogens with zero attached hydrogens (tertiary/aromatic N) is 2. The van der Waals surface area contributed by atoms with E-state index in [1.54, 1.807) is 6.07 Å². The lowest BCUT2D eigenvalue weighted by molar-refractivity contribution is -0.131. The van der Waals surface area contributed by atoms with Crippen LogP contribution in [0.15, 0.2) is 10.6 Å². The van der Waals surface area contributed by atoms with Crippen molar-refractivity contribution in [1.29, 1.82) is 0 Å². The molecule has 0 aromatic carbocycles. The minimum Gasteiger partial charge on any atom is -0.351 e. The topological polar surface area (TPSA) is 75.4 Å². The second-order valence-electron chi connectivity index (χ2n) is 6.23.